The third-order valence-corrected chi connectivity index (χ3v) is 5.76. The lowest BCUT2D eigenvalue weighted by Crippen LogP contribution is -2.38. The maximum atomic E-state index is 12.5. The topological polar surface area (TPSA) is 84.4 Å². The second kappa shape index (κ2) is 9.75. The van der Waals surface area contributed by atoms with Gasteiger partial charge in [-0.1, -0.05) is 41.7 Å². The standard InChI is InChI=1S/C20H26N4O3S/c1-14(13-27-2)24-12-16(11-18(24)25)19(26)21-20-23-22-17(28-20)10-6-9-15-7-4-3-5-8-15/h3-5,7-8,14,16H,6,9-13H2,1-2H3,(H,21,23,26)/t14-,16-/m1/s1. The van der Waals surface area contributed by atoms with Crippen LogP contribution < -0.4 is 5.32 Å². The van der Waals surface area contributed by atoms with Gasteiger partial charge in [0, 0.05) is 26.5 Å². The van der Waals surface area contributed by atoms with Crippen LogP contribution in [0.25, 0.3) is 0 Å². The first kappa shape index (κ1) is 20.4. The van der Waals surface area contributed by atoms with Gasteiger partial charge in [0.2, 0.25) is 16.9 Å². The minimum Gasteiger partial charge on any atom is -0.383 e. The molecule has 150 valence electrons. The maximum absolute atomic E-state index is 12.5. The summed E-state index contributed by atoms with van der Waals surface area (Å²) in [6, 6.07) is 10.3. The Balaban J connectivity index is 1.47. The molecule has 1 aliphatic heterocycles. The molecule has 0 radical (unpaired) electrons. The zero-order valence-electron chi connectivity index (χ0n) is 16.3. The van der Waals surface area contributed by atoms with Crippen LogP contribution in [0, 0.1) is 5.92 Å². The van der Waals surface area contributed by atoms with Crippen LogP contribution >= 0.6 is 11.3 Å². The van der Waals surface area contributed by atoms with Crippen molar-refractivity contribution in [2.75, 3.05) is 25.6 Å². The average molecular weight is 403 g/mol. The van der Waals surface area contributed by atoms with Gasteiger partial charge in [-0.15, -0.1) is 10.2 Å². The molecule has 0 unspecified atom stereocenters. The lowest BCUT2D eigenvalue weighted by molar-refractivity contribution is -0.130. The van der Waals surface area contributed by atoms with Gasteiger partial charge in [-0.05, 0) is 25.3 Å². The summed E-state index contributed by atoms with van der Waals surface area (Å²) in [5.74, 6) is -0.548. The molecule has 3 rings (SSSR count). The van der Waals surface area contributed by atoms with Crippen molar-refractivity contribution in [3.8, 4) is 0 Å². The fourth-order valence-corrected chi connectivity index (χ4v) is 4.15. The fourth-order valence-electron chi connectivity index (χ4n) is 3.37. The van der Waals surface area contributed by atoms with Crippen molar-refractivity contribution in [3.63, 3.8) is 0 Å². The van der Waals surface area contributed by atoms with E-state index in [9.17, 15) is 9.59 Å². The molecule has 8 heteroatoms. The molecule has 0 spiro atoms. The number of amides is 2. The minimum absolute atomic E-state index is 0.0106. The summed E-state index contributed by atoms with van der Waals surface area (Å²) in [7, 11) is 1.61. The summed E-state index contributed by atoms with van der Waals surface area (Å²) in [4.78, 5) is 26.4. The molecule has 28 heavy (non-hydrogen) atoms. The number of benzene rings is 1. The van der Waals surface area contributed by atoms with Gasteiger partial charge in [-0.3, -0.25) is 9.59 Å². The first-order chi connectivity index (χ1) is 13.6. The van der Waals surface area contributed by atoms with Crippen LogP contribution in [0.2, 0.25) is 0 Å². The van der Waals surface area contributed by atoms with Crippen molar-refractivity contribution in [3.05, 3.63) is 40.9 Å². The molecule has 2 atom stereocenters. The van der Waals surface area contributed by atoms with E-state index in [4.69, 9.17) is 4.74 Å². The second-order valence-electron chi connectivity index (χ2n) is 7.08. The van der Waals surface area contributed by atoms with Crippen molar-refractivity contribution in [2.45, 2.75) is 38.6 Å². The van der Waals surface area contributed by atoms with E-state index in [2.05, 4.69) is 27.6 Å². The van der Waals surface area contributed by atoms with Crippen molar-refractivity contribution in [2.24, 2.45) is 5.92 Å². The van der Waals surface area contributed by atoms with Crippen molar-refractivity contribution in [1.29, 1.82) is 0 Å². The van der Waals surface area contributed by atoms with E-state index in [0.717, 1.165) is 24.3 Å². The lowest BCUT2D eigenvalue weighted by Gasteiger charge is -2.23. The summed E-state index contributed by atoms with van der Waals surface area (Å²) >= 11 is 1.40. The van der Waals surface area contributed by atoms with Crippen LogP contribution in [-0.4, -0.2) is 53.2 Å². The van der Waals surface area contributed by atoms with E-state index >= 15 is 0 Å². The van der Waals surface area contributed by atoms with Crippen LogP contribution in [0.3, 0.4) is 0 Å². The normalized spacial score (nSPS) is 17.7. The third-order valence-electron chi connectivity index (χ3n) is 4.87. The molecule has 7 nitrogen and oxygen atoms in total. The van der Waals surface area contributed by atoms with E-state index in [-0.39, 0.29) is 30.2 Å². The SMILES string of the molecule is COC[C@@H](C)N1C[C@H](C(=O)Nc2nnc(CCCc3ccccc3)s2)CC1=O. The van der Waals surface area contributed by atoms with Crippen molar-refractivity contribution >= 4 is 28.3 Å². The Morgan fingerprint density at radius 3 is 2.86 bits per heavy atom. The van der Waals surface area contributed by atoms with E-state index < -0.39 is 0 Å². The molecule has 0 aliphatic carbocycles. The molecule has 0 saturated carbocycles. The maximum Gasteiger partial charge on any atom is 0.231 e. The zero-order valence-corrected chi connectivity index (χ0v) is 17.1. The number of nitrogens with zero attached hydrogens (tertiary/aromatic N) is 3. The van der Waals surface area contributed by atoms with Gasteiger partial charge in [0.05, 0.1) is 18.6 Å². The highest BCUT2D eigenvalue weighted by molar-refractivity contribution is 7.15. The molecule has 1 aromatic carbocycles. The quantitative estimate of drug-likeness (QED) is 0.697. The van der Waals surface area contributed by atoms with Crippen LogP contribution in [0.1, 0.15) is 30.3 Å². The van der Waals surface area contributed by atoms with Crippen molar-refractivity contribution < 1.29 is 14.3 Å². The number of hydrogen-bond donors (Lipinski definition) is 1. The van der Waals surface area contributed by atoms with E-state index in [1.54, 1.807) is 12.0 Å². The summed E-state index contributed by atoms with van der Waals surface area (Å²) in [5.41, 5.74) is 1.30. The Morgan fingerprint density at radius 1 is 1.32 bits per heavy atom. The number of anilines is 1. The molecule has 1 N–H and O–H groups in total. The van der Waals surface area contributed by atoms with Crippen LogP contribution in [0.4, 0.5) is 5.13 Å². The molecule has 2 heterocycles. The monoisotopic (exact) mass is 402 g/mol. The number of methoxy groups -OCH3 is 1. The summed E-state index contributed by atoms with van der Waals surface area (Å²) in [6.07, 6.45) is 3.02. The molecular formula is C20H26N4O3S. The largest absolute Gasteiger partial charge is 0.383 e. The number of rotatable bonds is 9. The number of carbonyl (C=O) groups excluding carboxylic acids is 2. The molecule has 0 bridgehead atoms. The van der Waals surface area contributed by atoms with Gasteiger partial charge in [0.1, 0.15) is 5.01 Å². The number of likely N-dealkylation sites (tertiary alicyclic amines) is 1. The molecule has 1 fully saturated rings. The Bertz CT molecular complexity index is 796. The van der Waals surface area contributed by atoms with Gasteiger partial charge < -0.3 is 15.0 Å². The Kier molecular flexibility index (Phi) is 7.11. The zero-order chi connectivity index (χ0) is 19.9. The molecule has 1 aliphatic rings. The number of carbonyl (C=O) groups is 2. The van der Waals surface area contributed by atoms with E-state index in [1.165, 1.54) is 16.9 Å². The Morgan fingerprint density at radius 2 is 2.11 bits per heavy atom. The fraction of sp³-hybridized carbons (Fsp3) is 0.500. The van der Waals surface area contributed by atoms with Crippen molar-refractivity contribution in [1.82, 2.24) is 15.1 Å². The summed E-state index contributed by atoms with van der Waals surface area (Å²) in [6.45, 7) is 2.80. The van der Waals surface area contributed by atoms with Gasteiger partial charge in [0.25, 0.3) is 0 Å². The smallest absolute Gasteiger partial charge is 0.231 e. The number of hydrogen-bond acceptors (Lipinski definition) is 6. The van der Waals surface area contributed by atoms with Crippen LogP contribution in [0.15, 0.2) is 30.3 Å². The molecule has 1 saturated heterocycles. The number of aromatic nitrogens is 2. The Labute approximate surface area is 169 Å². The highest BCUT2D eigenvalue weighted by atomic mass is 32.1. The summed E-state index contributed by atoms with van der Waals surface area (Å²) in [5, 5.41) is 12.5. The molecule has 1 aromatic heterocycles. The van der Waals surface area contributed by atoms with Gasteiger partial charge in [-0.2, -0.15) is 0 Å². The highest BCUT2D eigenvalue weighted by Gasteiger charge is 2.36. The highest BCUT2D eigenvalue weighted by Crippen LogP contribution is 2.23. The minimum atomic E-state index is -0.364. The molecule has 2 aromatic rings. The molecule has 2 amide bonds. The van der Waals surface area contributed by atoms with Crippen LogP contribution in [0.5, 0.6) is 0 Å². The first-order valence-corrected chi connectivity index (χ1v) is 10.3. The molecular weight excluding hydrogens is 376 g/mol. The number of aryl methyl sites for hydroxylation is 2. The second-order valence-corrected chi connectivity index (χ2v) is 8.14. The van der Waals surface area contributed by atoms with Crippen LogP contribution in [-0.2, 0) is 27.2 Å². The number of nitrogens with one attached hydrogen (secondary N) is 1. The lowest BCUT2D eigenvalue weighted by atomic mass is 10.1. The third kappa shape index (κ3) is 5.36. The van der Waals surface area contributed by atoms with Gasteiger partial charge >= 0.3 is 0 Å². The van der Waals surface area contributed by atoms with E-state index in [1.807, 2.05) is 25.1 Å². The first-order valence-electron chi connectivity index (χ1n) is 9.52. The summed E-state index contributed by atoms with van der Waals surface area (Å²) < 4.78 is 5.11. The average Bonchev–Trinajstić information content (AvgIpc) is 3.29. The van der Waals surface area contributed by atoms with E-state index in [0.29, 0.717) is 18.3 Å². The predicted octanol–water partition coefficient (Wildman–Crippen LogP) is 2.54. The Hall–Kier alpha value is -2.32. The number of ether oxygens (including phenoxy) is 1. The van der Waals surface area contributed by atoms with Gasteiger partial charge in [0.15, 0.2) is 0 Å². The van der Waals surface area contributed by atoms with Gasteiger partial charge in [-0.25, -0.2) is 0 Å². The predicted molar refractivity (Wildman–Crippen MR) is 108 cm³/mol.